The summed E-state index contributed by atoms with van der Waals surface area (Å²) in [4.78, 5) is 15.1. The van der Waals surface area contributed by atoms with Crippen LogP contribution in [0.15, 0.2) is 23.0 Å². The molecule has 1 heterocycles. The van der Waals surface area contributed by atoms with Gasteiger partial charge >= 0.3 is 0 Å². The van der Waals surface area contributed by atoms with Crippen molar-refractivity contribution in [2.75, 3.05) is 13.1 Å². The molecule has 13 heavy (non-hydrogen) atoms. The van der Waals surface area contributed by atoms with Gasteiger partial charge in [0.1, 0.15) is 5.69 Å². The van der Waals surface area contributed by atoms with Crippen LogP contribution in [-0.2, 0) is 0 Å². The molecule has 0 saturated heterocycles. The highest BCUT2D eigenvalue weighted by Crippen LogP contribution is 1.99. The van der Waals surface area contributed by atoms with Crippen molar-refractivity contribution in [1.82, 2.24) is 10.3 Å². The second kappa shape index (κ2) is 5.45. The third-order valence-electron chi connectivity index (χ3n) is 1.35. The Balaban J connectivity index is 2.31. The molecule has 70 valence electrons. The summed E-state index contributed by atoms with van der Waals surface area (Å²) < 4.78 is 0. The fourth-order valence-electron chi connectivity index (χ4n) is 0.746. The van der Waals surface area contributed by atoms with E-state index in [9.17, 15) is 4.79 Å². The van der Waals surface area contributed by atoms with E-state index in [1.807, 2.05) is 6.08 Å². The molecule has 1 aromatic heterocycles. The zero-order valence-corrected chi connectivity index (χ0v) is 7.88. The van der Waals surface area contributed by atoms with Gasteiger partial charge in [-0.25, -0.2) is 4.98 Å². The predicted molar refractivity (Wildman–Crippen MR) is 52.6 cm³/mol. The molecule has 0 saturated carbocycles. The summed E-state index contributed by atoms with van der Waals surface area (Å²) in [5.41, 5.74) is 7.32. The summed E-state index contributed by atoms with van der Waals surface area (Å²) in [6, 6.07) is 0. The number of rotatable bonds is 4. The van der Waals surface area contributed by atoms with Crippen LogP contribution < -0.4 is 11.1 Å². The molecule has 0 atom stereocenters. The number of nitrogens with zero attached hydrogens (tertiary/aromatic N) is 1. The fraction of sp³-hybridized carbons (Fsp3) is 0.250. The minimum Gasteiger partial charge on any atom is -0.347 e. The number of thiazole rings is 1. The first-order valence-corrected chi connectivity index (χ1v) is 4.80. The minimum absolute atomic E-state index is 0.150. The Kier molecular flexibility index (Phi) is 4.14. The molecule has 1 rings (SSSR count). The van der Waals surface area contributed by atoms with Crippen molar-refractivity contribution in [3.63, 3.8) is 0 Å². The molecule has 0 radical (unpaired) electrons. The Morgan fingerprint density at radius 3 is 3.15 bits per heavy atom. The highest BCUT2D eigenvalue weighted by molar-refractivity contribution is 7.07. The fourth-order valence-corrected chi connectivity index (χ4v) is 1.28. The third-order valence-corrected chi connectivity index (χ3v) is 1.93. The van der Waals surface area contributed by atoms with Crippen LogP contribution in [0.1, 0.15) is 10.5 Å². The monoisotopic (exact) mass is 197 g/mol. The summed E-state index contributed by atoms with van der Waals surface area (Å²) >= 11 is 1.40. The lowest BCUT2D eigenvalue weighted by atomic mass is 10.4. The third kappa shape index (κ3) is 3.35. The van der Waals surface area contributed by atoms with Crippen molar-refractivity contribution in [2.24, 2.45) is 5.73 Å². The molecule has 1 amide bonds. The summed E-state index contributed by atoms with van der Waals surface area (Å²) in [5.74, 6) is -0.150. The van der Waals surface area contributed by atoms with E-state index in [0.29, 0.717) is 18.8 Å². The summed E-state index contributed by atoms with van der Waals surface area (Å²) in [7, 11) is 0. The number of carbonyl (C=O) groups excluding carboxylic acids is 1. The van der Waals surface area contributed by atoms with Crippen LogP contribution in [-0.4, -0.2) is 24.0 Å². The molecular formula is C8H11N3OS. The molecular weight excluding hydrogens is 186 g/mol. The van der Waals surface area contributed by atoms with Gasteiger partial charge in [0.05, 0.1) is 5.51 Å². The first-order chi connectivity index (χ1) is 6.34. The van der Waals surface area contributed by atoms with E-state index in [2.05, 4.69) is 10.3 Å². The average Bonchev–Trinajstić information content (AvgIpc) is 2.65. The Bertz CT molecular complexity index is 282. The van der Waals surface area contributed by atoms with Crippen molar-refractivity contribution >= 4 is 17.2 Å². The van der Waals surface area contributed by atoms with E-state index in [0.717, 1.165) is 0 Å². The van der Waals surface area contributed by atoms with Gasteiger partial charge in [0, 0.05) is 18.5 Å². The Hall–Kier alpha value is -1.20. The smallest absolute Gasteiger partial charge is 0.270 e. The molecule has 0 fully saturated rings. The lowest BCUT2D eigenvalue weighted by Gasteiger charge is -1.97. The van der Waals surface area contributed by atoms with Gasteiger partial charge in [-0.15, -0.1) is 11.3 Å². The molecule has 0 bridgehead atoms. The van der Waals surface area contributed by atoms with Crippen molar-refractivity contribution < 1.29 is 4.79 Å². The number of nitrogens with two attached hydrogens (primary N) is 1. The zero-order chi connectivity index (χ0) is 9.52. The van der Waals surface area contributed by atoms with E-state index < -0.39 is 0 Å². The maximum atomic E-state index is 11.2. The molecule has 0 aliphatic carbocycles. The molecule has 0 spiro atoms. The van der Waals surface area contributed by atoms with Crippen LogP contribution >= 0.6 is 11.3 Å². The van der Waals surface area contributed by atoms with E-state index in [-0.39, 0.29) is 5.91 Å². The average molecular weight is 197 g/mol. The molecule has 0 aliphatic rings. The van der Waals surface area contributed by atoms with Gasteiger partial charge in [-0.05, 0) is 0 Å². The number of hydrogen-bond donors (Lipinski definition) is 2. The molecule has 0 unspecified atom stereocenters. The maximum Gasteiger partial charge on any atom is 0.270 e. The second-order valence-corrected chi connectivity index (χ2v) is 3.01. The number of carbonyl (C=O) groups is 1. The largest absolute Gasteiger partial charge is 0.347 e. The lowest BCUT2D eigenvalue weighted by molar-refractivity contribution is 0.0954. The van der Waals surface area contributed by atoms with Gasteiger partial charge < -0.3 is 11.1 Å². The van der Waals surface area contributed by atoms with E-state index in [4.69, 9.17) is 5.73 Å². The molecule has 0 aliphatic heterocycles. The van der Waals surface area contributed by atoms with E-state index in [1.165, 1.54) is 11.3 Å². The van der Waals surface area contributed by atoms with Crippen LogP contribution in [0.4, 0.5) is 0 Å². The van der Waals surface area contributed by atoms with Crippen molar-refractivity contribution in [2.45, 2.75) is 0 Å². The van der Waals surface area contributed by atoms with Crippen molar-refractivity contribution in [3.8, 4) is 0 Å². The van der Waals surface area contributed by atoms with E-state index in [1.54, 1.807) is 17.0 Å². The lowest BCUT2D eigenvalue weighted by Crippen LogP contribution is -2.23. The van der Waals surface area contributed by atoms with E-state index >= 15 is 0 Å². The molecule has 0 aromatic carbocycles. The number of nitrogens with one attached hydrogen (secondary N) is 1. The normalized spacial score (nSPS) is 10.5. The van der Waals surface area contributed by atoms with Crippen molar-refractivity contribution in [1.29, 1.82) is 0 Å². The van der Waals surface area contributed by atoms with Crippen molar-refractivity contribution in [3.05, 3.63) is 28.7 Å². The first kappa shape index (κ1) is 9.88. The van der Waals surface area contributed by atoms with Crippen LogP contribution in [0.25, 0.3) is 0 Å². The maximum absolute atomic E-state index is 11.2. The second-order valence-electron chi connectivity index (χ2n) is 2.29. The Morgan fingerprint density at radius 1 is 1.69 bits per heavy atom. The Labute approximate surface area is 80.5 Å². The summed E-state index contributed by atoms with van der Waals surface area (Å²) in [5, 5.41) is 4.39. The van der Waals surface area contributed by atoms with Gasteiger partial charge in [0.15, 0.2) is 0 Å². The molecule has 5 heteroatoms. The zero-order valence-electron chi connectivity index (χ0n) is 7.06. The standard InChI is InChI=1S/C8H11N3OS/c9-3-1-2-4-10-8(12)7-5-13-6-11-7/h1-2,5-6H,3-4,9H2,(H,10,12)/b2-1+. The summed E-state index contributed by atoms with van der Waals surface area (Å²) in [6.45, 7) is 0.986. The summed E-state index contributed by atoms with van der Waals surface area (Å²) in [6.07, 6.45) is 3.60. The van der Waals surface area contributed by atoms with Crippen LogP contribution in [0.5, 0.6) is 0 Å². The van der Waals surface area contributed by atoms with Crippen LogP contribution in [0.2, 0.25) is 0 Å². The SMILES string of the molecule is NC/C=C/CNC(=O)c1cscn1. The van der Waals surface area contributed by atoms with Gasteiger partial charge in [0.25, 0.3) is 5.91 Å². The highest BCUT2D eigenvalue weighted by atomic mass is 32.1. The number of hydrogen-bond acceptors (Lipinski definition) is 4. The Morgan fingerprint density at radius 2 is 2.54 bits per heavy atom. The minimum atomic E-state index is -0.150. The van der Waals surface area contributed by atoms with Crippen LogP contribution in [0, 0.1) is 0 Å². The topological polar surface area (TPSA) is 68.0 Å². The highest BCUT2D eigenvalue weighted by Gasteiger charge is 2.04. The van der Waals surface area contributed by atoms with Gasteiger partial charge in [-0.1, -0.05) is 12.2 Å². The molecule has 1 aromatic rings. The van der Waals surface area contributed by atoms with Gasteiger partial charge in [0.2, 0.25) is 0 Å². The predicted octanol–water partition coefficient (Wildman–Crippen LogP) is 0.388. The van der Waals surface area contributed by atoms with Gasteiger partial charge in [-0.3, -0.25) is 4.79 Å². The molecule has 4 nitrogen and oxygen atoms in total. The number of aromatic nitrogens is 1. The quantitative estimate of drug-likeness (QED) is 0.686. The number of amides is 1. The molecule has 3 N–H and O–H groups in total. The first-order valence-electron chi connectivity index (χ1n) is 3.86. The van der Waals surface area contributed by atoms with Gasteiger partial charge in [-0.2, -0.15) is 0 Å². The van der Waals surface area contributed by atoms with Crippen LogP contribution in [0.3, 0.4) is 0 Å².